The van der Waals surface area contributed by atoms with Crippen molar-refractivity contribution >= 4 is 27.5 Å². The number of hydrogen-bond acceptors (Lipinski definition) is 4. The van der Waals surface area contributed by atoms with Gasteiger partial charge in [-0.05, 0) is 47.3 Å². The first kappa shape index (κ1) is 14.9. The second-order valence-corrected chi connectivity index (χ2v) is 5.70. The Morgan fingerprint density at radius 1 is 1.55 bits per heavy atom. The molecule has 1 amide bonds. The number of nitrogens with one attached hydrogen (secondary N) is 1. The highest BCUT2D eigenvalue weighted by atomic mass is 79.9. The van der Waals surface area contributed by atoms with Crippen LogP contribution < -0.4 is 5.32 Å². The smallest absolute Gasteiger partial charge is 0.284 e. The highest BCUT2D eigenvalue weighted by Gasteiger charge is 2.37. The number of hydrogen-bond donors (Lipinski definition) is 1. The molecule has 1 N–H and O–H groups in total. The second kappa shape index (κ2) is 5.88. The molecule has 0 unspecified atom stereocenters. The summed E-state index contributed by atoms with van der Waals surface area (Å²) >= 11 is 3.09. The molecule has 0 saturated heterocycles. The van der Waals surface area contributed by atoms with Crippen molar-refractivity contribution in [3.63, 3.8) is 0 Å². The molecule has 1 aromatic rings. The van der Waals surface area contributed by atoms with E-state index >= 15 is 0 Å². The molecule has 1 aliphatic carbocycles. The minimum Gasteiger partial charge on any atom is -0.376 e. The number of nitro groups is 1. The SMILES string of the molecule is COC1(CNC(=O)c2ccc(Br)c([N+](=O)[O-])c2)CCC1. The van der Waals surface area contributed by atoms with E-state index in [1.165, 1.54) is 12.1 Å². The average molecular weight is 343 g/mol. The van der Waals surface area contributed by atoms with Crippen LogP contribution in [0.15, 0.2) is 22.7 Å². The molecule has 1 saturated carbocycles. The predicted molar refractivity (Wildman–Crippen MR) is 76.7 cm³/mol. The van der Waals surface area contributed by atoms with E-state index in [-0.39, 0.29) is 22.8 Å². The largest absolute Gasteiger partial charge is 0.376 e. The highest BCUT2D eigenvalue weighted by molar-refractivity contribution is 9.10. The van der Waals surface area contributed by atoms with Crippen molar-refractivity contribution in [2.75, 3.05) is 13.7 Å². The van der Waals surface area contributed by atoms with Gasteiger partial charge >= 0.3 is 0 Å². The number of rotatable bonds is 5. The lowest BCUT2D eigenvalue weighted by Gasteiger charge is -2.40. The summed E-state index contributed by atoms with van der Waals surface area (Å²) in [5, 5.41) is 13.6. The van der Waals surface area contributed by atoms with Crippen molar-refractivity contribution in [1.29, 1.82) is 0 Å². The normalized spacial score (nSPS) is 16.3. The molecule has 1 aromatic carbocycles. The predicted octanol–water partition coefficient (Wildman–Crippen LogP) is 2.66. The third-order valence-electron chi connectivity index (χ3n) is 3.67. The number of nitro benzene ring substituents is 1. The summed E-state index contributed by atoms with van der Waals surface area (Å²) in [5.74, 6) is -0.330. The molecule has 1 fully saturated rings. The van der Waals surface area contributed by atoms with E-state index < -0.39 is 4.92 Å². The van der Waals surface area contributed by atoms with Gasteiger partial charge in [0, 0.05) is 25.3 Å². The third kappa shape index (κ3) is 2.99. The van der Waals surface area contributed by atoms with Crippen molar-refractivity contribution in [1.82, 2.24) is 5.32 Å². The van der Waals surface area contributed by atoms with E-state index in [0.29, 0.717) is 11.0 Å². The number of methoxy groups -OCH3 is 1. The van der Waals surface area contributed by atoms with Crippen LogP contribution in [0.3, 0.4) is 0 Å². The molecule has 0 bridgehead atoms. The Hall–Kier alpha value is -1.47. The number of carbonyl (C=O) groups is 1. The van der Waals surface area contributed by atoms with Gasteiger partial charge in [-0.1, -0.05) is 0 Å². The van der Waals surface area contributed by atoms with Crippen LogP contribution in [-0.2, 0) is 4.74 Å². The lowest BCUT2D eigenvalue weighted by atomic mass is 9.80. The topological polar surface area (TPSA) is 81.5 Å². The molecule has 0 aliphatic heterocycles. The molecule has 7 heteroatoms. The van der Waals surface area contributed by atoms with Gasteiger partial charge in [-0.15, -0.1) is 0 Å². The summed E-state index contributed by atoms with van der Waals surface area (Å²) in [4.78, 5) is 22.3. The zero-order valence-electron chi connectivity index (χ0n) is 11.0. The van der Waals surface area contributed by atoms with E-state index in [1.807, 2.05) is 0 Å². The van der Waals surface area contributed by atoms with Gasteiger partial charge in [-0.25, -0.2) is 0 Å². The monoisotopic (exact) mass is 342 g/mol. The molecule has 0 spiro atoms. The first-order valence-corrected chi connectivity index (χ1v) is 7.04. The summed E-state index contributed by atoms with van der Waals surface area (Å²) in [7, 11) is 1.63. The Kier molecular flexibility index (Phi) is 4.39. The van der Waals surface area contributed by atoms with E-state index in [0.717, 1.165) is 19.3 Å². The van der Waals surface area contributed by atoms with E-state index in [4.69, 9.17) is 4.74 Å². The van der Waals surface area contributed by atoms with Crippen LogP contribution in [0.2, 0.25) is 0 Å². The van der Waals surface area contributed by atoms with Gasteiger partial charge in [-0.2, -0.15) is 0 Å². The Labute approximate surface area is 124 Å². The number of carbonyl (C=O) groups excluding carboxylic acids is 1. The summed E-state index contributed by atoms with van der Waals surface area (Å²) in [6, 6.07) is 4.31. The van der Waals surface area contributed by atoms with Crippen molar-refractivity contribution in [3.8, 4) is 0 Å². The Morgan fingerprint density at radius 3 is 2.75 bits per heavy atom. The highest BCUT2D eigenvalue weighted by Crippen LogP contribution is 2.34. The van der Waals surface area contributed by atoms with Crippen LogP contribution in [0, 0.1) is 10.1 Å². The molecule has 0 heterocycles. The molecule has 1 aliphatic rings. The fourth-order valence-electron chi connectivity index (χ4n) is 2.16. The maximum Gasteiger partial charge on any atom is 0.284 e. The summed E-state index contributed by atoms with van der Waals surface area (Å²) < 4.78 is 5.76. The first-order valence-electron chi connectivity index (χ1n) is 6.25. The zero-order chi connectivity index (χ0) is 14.8. The number of amides is 1. The van der Waals surface area contributed by atoms with E-state index in [1.54, 1.807) is 13.2 Å². The van der Waals surface area contributed by atoms with Gasteiger partial charge in [0.25, 0.3) is 11.6 Å². The molecule has 6 nitrogen and oxygen atoms in total. The van der Waals surface area contributed by atoms with Gasteiger partial charge in [0.1, 0.15) is 0 Å². The zero-order valence-corrected chi connectivity index (χ0v) is 12.6. The molecule has 0 aromatic heterocycles. The average Bonchev–Trinajstić information content (AvgIpc) is 2.38. The summed E-state index contributed by atoms with van der Waals surface area (Å²) in [6.07, 6.45) is 2.93. The Bertz CT molecular complexity index is 538. The van der Waals surface area contributed by atoms with Crippen LogP contribution in [0.4, 0.5) is 5.69 Å². The summed E-state index contributed by atoms with van der Waals surface area (Å²) in [5.41, 5.74) is -0.120. The van der Waals surface area contributed by atoms with E-state index in [2.05, 4.69) is 21.2 Å². The van der Waals surface area contributed by atoms with Gasteiger partial charge < -0.3 is 10.1 Å². The van der Waals surface area contributed by atoms with Crippen molar-refractivity contribution in [2.24, 2.45) is 0 Å². The Balaban J connectivity index is 2.06. The van der Waals surface area contributed by atoms with Crippen LogP contribution >= 0.6 is 15.9 Å². The molecule has 0 atom stereocenters. The second-order valence-electron chi connectivity index (χ2n) is 4.85. The molecular weight excluding hydrogens is 328 g/mol. The number of benzene rings is 1. The lowest BCUT2D eigenvalue weighted by molar-refractivity contribution is -0.385. The lowest BCUT2D eigenvalue weighted by Crippen LogP contribution is -2.49. The van der Waals surface area contributed by atoms with Crippen LogP contribution in [-0.4, -0.2) is 30.1 Å². The molecule has 108 valence electrons. The van der Waals surface area contributed by atoms with Crippen molar-refractivity contribution < 1.29 is 14.5 Å². The van der Waals surface area contributed by atoms with E-state index in [9.17, 15) is 14.9 Å². The van der Waals surface area contributed by atoms with Crippen LogP contribution in [0.25, 0.3) is 0 Å². The summed E-state index contributed by atoms with van der Waals surface area (Å²) in [6.45, 7) is 0.423. The number of halogens is 1. The van der Waals surface area contributed by atoms with Gasteiger partial charge in [0.05, 0.1) is 15.0 Å². The quantitative estimate of drug-likeness (QED) is 0.658. The fourth-order valence-corrected chi connectivity index (χ4v) is 2.55. The standard InChI is InChI=1S/C13H15BrN2O4/c1-20-13(5-2-6-13)8-15-12(17)9-3-4-10(14)11(7-9)16(18)19/h3-4,7H,2,5-6,8H2,1H3,(H,15,17). The first-order chi connectivity index (χ1) is 9.47. The maximum atomic E-state index is 12.0. The van der Waals surface area contributed by atoms with Crippen molar-refractivity contribution in [2.45, 2.75) is 24.9 Å². The van der Waals surface area contributed by atoms with Gasteiger partial charge in [0.2, 0.25) is 0 Å². The van der Waals surface area contributed by atoms with Gasteiger partial charge in [-0.3, -0.25) is 14.9 Å². The third-order valence-corrected chi connectivity index (χ3v) is 4.34. The van der Waals surface area contributed by atoms with Crippen LogP contribution in [0.5, 0.6) is 0 Å². The van der Waals surface area contributed by atoms with Crippen molar-refractivity contribution in [3.05, 3.63) is 38.3 Å². The fraction of sp³-hybridized carbons (Fsp3) is 0.462. The molecular formula is C13H15BrN2O4. The molecule has 2 rings (SSSR count). The Morgan fingerprint density at radius 2 is 2.25 bits per heavy atom. The molecule has 20 heavy (non-hydrogen) atoms. The van der Waals surface area contributed by atoms with Gasteiger partial charge in [0.15, 0.2) is 0 Å². The minimum atomic E-state index is -0.524. The maximum absolute atomic E-state index is 12.0. The number of nitrogens with zero attached hydrogens (tertiary/aromatic N) is 1. The minimum absolute atomic E-state index is 0.122. The van der Waals surface area contributed by atoms with Crippen LogP contribution in [0.1, 0.15) is 29.6 Å². The number of ether oxygens (including phenoxy) is 1. The molecule has 0 radical (unpaired) electrons.